The first kappa shape index (κ1) is 21.4. The minimum absolute atomic E-state index is 0.0325. The number of sulfonamides is 1. The van der Waals surface area contributed by atoms with E-state index in [1.165, 1.54) is 36.4 Å². The van der Waals surface area contributed by atoms with Crippen molar-refractivity contribution in [1.82, 2.24) is 0 Å². The summed E-state index contributed by atoms with van der Waals surface area (Å²) in [5.41, 5.74) is 0.461. The first-order valence-electron chi connectivity index (χ1n) is 9.35. The predicted octanol–water partition coefficient (Wildman–Crippen LogP) is 5.46. The summed E-state index contributed by atoms with van der Waals surface area (Å²) in [6.45, 7) is 0. The maximum absolute atomic E-state index is 13.6. The zero-order valence-corrected chi connectivity index (χ0v) is 18.8. The van der Waals surface area contributed by atoms with E-state index >= 15 is 0 Å². The quantitative estimate of drug-likeness (QED) is 0.489. The van der Waals surface area contributed by atoms with Gasteiger partial charge in [-0.3, -0.25) is 4.79 Å². The van der Waals surface area contributed by atoms with Crippen LogP contribution in [0.5, 0.6) is 0 Å². The molecule has 1 aliphatic carbocycles. The van der Waals surface area contributed by atoms with Crippen molar-refractivity contribution in [3.05, 3.63) is 56.2 Å². The molecule has 0 aliphatic heterocycles. The molecule has 3 aromatic rings. The van der Waals surface area contributed by atoms with Crippen LogP contribution in [0.3, 0.4) is 0 Å². The normalized spacial score (nSPS) is 15.4. The lowest BCUT2D eigenvalue weighted by molar-refractivity contribution is -0.122. The van der Waals surface area contributed by atoms with Crippen LogP contribution in [0.1, 0.15) is 32.1 Å². The molecule has 10 heteroatoms. The fourth-order valence-corrected chi connectivity index (χ4v) is 6.57. The number of rotatable bonds is 4. The zero-order valence-electron chi connectivity index (χ0n) is 15.6. The second kappa shape index (κ2) is 8.34. The average molecular weight is 486 g/mol. The predicted molar refractivity (Wildman–Crippen MR) is 118 cm³/mol. The minimum atomic E-state index is -4.35. The van der Waals surface area contributed by atoms with Crippen molar-refractivity contribution < 1.29 is 17.6 Å². The standard InChI is InChI=1S/C20H17Cl2NO5S2/c21-13-6-8-15(22)18(10-13)30(26,27)23(19(24)12-4-2-1-3-5-12)14-7-9-16-17(11-14)29-20(25)28-16/h6-12H,1-5H2. The fourth-order valence-electron chi connectivity index (χ4n) is 3.66. The first-order chi connectivity index (χ1) is 14.3. The van der Waals surface area contributed by atoms with Gasteiger partial charge in [0, 0.05) is 10.9 Å². The molecule has 158 valence electrons. The molecule has 0 unspecified atom stereocenters. The molecule has 30 heavy (non-hydrogen) atoms. The van der Waals surface area contributed by atoms with Crippen LogP contribution >= 0.6 is 34.5 Å². The Morgan fingerprint density at radius 3 is 2.53 bits per heavy atom. The van der Waals surface area contributed by atoms with Crippen molar-refractivity contribution in [1.29, 1.82) is 0 Å². The van der Waals surface area contributed by atoms with Gasteiger partial charge in [0.1, 0.15) is 10.5 Å². The summed E-state index contributed by atoms with van der Waals surface area (Å²) in [5, 5.41) is 0.154. The monoisotopic (exact) mass is 485 g/mol. The summed E-state index contributed by atoms with van der Waals surface area (Å²) in [7, 11) is -4.35. The van der Waals surface area contributed by atoms with E-state index in [2.05, 4.69) is 0 Å². The van der Waals surface area contributed by atoms with Crippen LogP contribution in [-0.2, 0) is 14.8 Å². The third kappa shape index (κ3) is 4.01. The summed E-state index contributed by atoms with van der Waals surface area (Å²) in [4.78, 5) is 24.3. The summed E-state index contributed by atoms with van der Waals surface area (Å²) < 4.78 is 33.5. The summed E-state index contributed by atoms with van der Waals surface area (Å²) in [6, 6.07) is 8.50. The number of hydrogen-bond acceptors (Lipinski definition) is 6. The van der Waals surface area contributed by atoms with Crippen LogP contribution in [0.25, 0.3) is 10.3 Å². The van der Waals surface area contributed by atoms with Crippen LogP contribution in [0, 0.1) is 5.92 Å². The van der Waals surface area contributed by atoms with E-state index in [-0.39, 0.29) is 20.6 Å². The van der Waals surface area contributed by atoms with E-state index in [4.69, 9.17) is 27.6 Å². The summed E-state index contributed by atoms with van der Waals surface area (Å²) >= 11 is 13.0. The van der Waals surface area contributed by atoms with E-state index in [9.17, 15) is 18.0 Å². The molecule has 4 rings (SSSR count). The zero-order chi connectivity index (χ0) is 21.5. The van der Waals surface area contributed by atoms with Crippen LogP contribution in [0.4, 0.5) is 5.69 Å². The smallest absolute Gasteiger partial charge is 0.396 e. The Kier molecular flexibility index (Phi) is 5.94. The molecule has 1 heterocycles. The van der Waals surface area contributed by atoms with Gasteiger partial charge in [-0.1, -0.05) is 53.8 Å². The molecule has 1 fully saturated rings. The van der Waals surface area contributed by atoms with Crippen LogP contribution < -0.4 is 9.24 Å². The number of halogens is 2. The third-order valence-electron chi connectivity index (χ3n) is 5.11. The molecule has 1 aromatic heterocycles. The molecule has 0 spiro atoms. The van der Waals surface area contributed by atoms with E-state index in [1.54, 1.807) is 0 Å². The summed E-state index contributed by atoms with van der Waals surface area (Å²) in [5.74, 6) is -0.925. The van der Waals surface area contributed by atoms with Gasteiger partial charge in [0.2, 0.25) is 5.91 Å². The van der Waals surface area contributed by atoms with Gasteiger partial charge in [-0.15, -0.1) is 0 Å². The van der Waals surface area contributed by atoms with E-state index in [1.807, 2.05) is 0 Å². The van der Waals surface area contributed by atoms with E-state index < -0.39 is 26.8 Å². The Hall–Kier alpha value is -1.87. The lowest BCUT2D eigenvalue weighted by Gasteiger charge is -2.29. The maximum Gasteiger partial charge on any atom is 0.396 e. The van der Waals surface area contributed by atoms with Gasteiger partial charge in [0.05, 0.1) is 15.4 Å². The van der Waals surface area contributed by atoms with E-state index in [0.29, 0.717) is 23.1 Å². The molecule has 1 aliphatic rings. The van der Waals surface area contributed by atoms with Gasteiger partial charge in [0.25, 0.3) is 10.0 Å². The number of amides is 1. The molecule has 1 saturated carbocycles. The number of anilines is 1. The topological polar surface area (TPSA) is 84.7 Å². The Balaban J connectivity index is 1.88. The molecule has 1 amide bonds. The highest BCUT2D eigenvalue weighted by Crippen LogP contribution is 2.36. The lowest BCUT2D eigenvalue weighted by Crippen LogP contribution is -2.41. The highest BCUT2D eigenvalue weighted by Gasteiger charge is 2.37. The largest absolute Gasteiger partial charge is 0.414 e. The van der Waals surface area contributed by atoms with Gasteiger partial charge in [-0.2, -0.15) is 0 Å². The lowest BCUT2D eigenvalue weighted by atomic mass is 9.88. The van der Waals surface area contributed by atoms with Gasteiger partial charge >= 0.3 is 4.94 Å². The molecular weight excluding hydrogens is 469 g/mol. The number of benzene rings is 2. The van der Waals surface area contributed by atoms with Crippen molar-refractivity contribution in [3.63, 3.8) is 0 Å². The Morgan fingerprint density at radius 1 is 1.07 bits per heavy atom. The van der Waals surface area contributed by atoms with Crippen molar-refractivity contribution in [2.24, 2.45) is 5.92 Å². The SMILES string of the molecule is O=C(C1CCCCC1)N(c1ccc2oc(=O)sc2c1)S(=O)(=O)c1cc(Cl)ccc1Cl. The molecule has 0 N–H and O–H groups in total. The highest BCUT2D eigenvalue weighted by atomic mass is 35.5. The van der Waals surface area contributed by atoms with Crippen LogP contribution in [0.15, 0.2) is 50.5 Å². The Labute approximate surface area is 187 Å². The maximum atomic E-state index is 13.6. The molecule has 0 bridgehead atoms. The van der Waals surface area contributed by atoms with Crippen molar-refractivity contribution in [3.8, 4) is 0 Å². The van der Waals surface area contributed by atoms with Crippen LogP contribution in [0.2, 0.25) is 10.0 Å². The van der Waals surface area contributed by atoms with E-state index in [0.717, 1.165) is 34.9 Å². The number of hydrogen-bond donors (Lipinski definition) is 0. The van der Waals surface area contributed by atoms with Gasteiger partial charge in [0.15, 0.2) is 0 Å². The minimum Gasteiger partial charge on any atom is -0.414 e. The second-order valence-electron chi connectivity index (χ2n) is 7.10. The third-order valence-corrected chi connectivity index (χ3v) is 8.35. The first-order valence-corrected chi connectivity index (χ1v) is 12.4. The molecule has 2 aromatic carbocycles. The number of nitrogens with zero attached hydrogens (tertiary/aromatic N) is 1. The van der Waals surface area contributed by atoms with Crippen molar-refractivity contribution >= 4 is 66.4 Å². The van der Waals surface area contributed by atoms with Crippen LogP contribution in [-0.4, -0.2) is 14.3 Å². The molecular formula is C20H17Cl2NO5S2. The Morgan fingerprint density at radius 2 is 1.80 bits per heavy atom. The molecule has 0 atom stereocenters. The van der Waals surface area contributed by atoms with Crippen molar-refractivity contribution in [2.45, 2.75) is 37.0 Å². The van der Waals surface area contributed by atoms with Gasteiger partial charge in [-0.05, 0) is 49.2 Å². The Bertz CT molecular complexity index is 1280. The molecule has 0 saturated heterocycles. The number of fused-ring (bicyclic) bond motifs is 1. The second-order valence-corrected chi connectivity index (χ2v) is 10.7. The summed E-state index contributed by atoms with van der Waals surface area (Å²) in [6.07, 6.45) is 3.99. The number of carbonyl (C=O) groups excluding carboxylic acids is 1. The van der Waals surface area contributed by atoms with Crippen molar-refractivity contribution in [2.75, 3.05) is 4.31 Å². The number of carbonyl (C=O) groups is 1. The highest BCUT2D eigenvalue weighted by molar-refractivity contribution is 7.93. The fraction of sp³-hybridized carbons (Fsp3) is 0.300. The molecule has 0 radical (unpaired) electrons. The van der Waals surface area contributed by atoms with Gasteiger partial charge < -0.3 is 4.42 Å². The van der Waals surface area contributed by atoms with Gasteiger partial charge in [-0.25, -0.2) is 17.5 Å². The molecule has 6 nitrogen and oxygen atoms in total. The average Bonchev–Trinajstić information content (AvgIpc) is 3.09.